The van der Waals surface area contributed by atoms with Gasteiger partial charge in [-0.15, -0.1) is 0 Å². The van der Waals surface area contributed by atoms with Crippen LogP contribution in [0.15, 0.2) is 46.9 Å². The van der Waals surface area contributed by atoms with Gasteiger partial charge in [0.1, 0.15) is 11.4 Å². The fourth-order valence-corrected chi connectivity index (χ4v) is 2.91. The molecule has 0 aliphatic heterocycles. The van der Waals surface area contributed by atoms with E-state index in [1.807, 2.05) is 6.92 Å². The molecule has 156 valence electrons. The standard InChI is InChI=1S/C22H20FNO6/c1-3-28-11-17-15-6-4-5-7-20(15)30-21(17)22(27)29-12-19(26)16-9-8-14(10-18(16)23)24-13(2)25/h4-10H,3,11-12H2,1-2H3,(H,24,25). The van der Waals surface area contributed by atoms with Crippen LogP contribution in [0.4, 0.5) is 10.1 Å². The number of esters is 1. The van der Waals surface area contributed by atoms with Crippen LogP contribution in [-0.4, -0.2) is 30.9 Å². The first kappa shape index (κ1) is 21.2. The number of rotatable bonds is 8. The van der Waals surface area contributed by atoms with Gasteiger partial charge in [0.15, 0.2) is 6.61 Å². The van der Waals surface area contributed by atoms with Gasteiger partial charge in [-0.05, 0) is 31.2 Å². The van der Waals surface area contributed by atoms with Crippen molar-refractivity contribution in [3.8, 4) is 0 Å². The number of amides is 1. The second-order valence-electron chi connectivity index (χ2n) is 6.42. The molecule has 0 saturated heterocycles. The monoisotopic (exact) mass is 413 g/mol. The van der Waals surface area contributed by atoms with E-state index in [1.165, 1.54) is 19.1 Å². The molecule has 3 rings (SSSR count). The van der Waals surface area contributed by atoms with Gasteiger partial charge in [-0.3, -0.25) is 9.59 Å². The Morgan fingerprint density at radius 2 is 1.90 bits per heavy atom. The number of para-hydroxylation sites is 1. The molecule has 3 aromatic rings. The average molecular weight is 413 g/mol. The molecule has 1 amide bonds. The second-order valence-corrected chi connectivity index (χ2v) is 6.42. The maximum absolute atomic E-state index is 14.2. The molecule has 30 heavy (non-hydrogen) atoms. The molecule has 0 saturated carbocycles. The predicted octanol–water partition coefficient (Wildman–Crippen LogP) is 4.11. The molecule has 7 nitrogen and oxygen atoms in total. The Morgan fingerprint density at radius 1 is 1.13 bits per heavy atom. The molecule has 0 aliphatic rings. The van der Waals surface area contributed by atoms with Crippen molar-refractivity contribution < 1.29 is 32.7 Å². The van der Waals surface area contributed by atoms with Crippen LogP contribution in [0.2, 0.25) is 0 Å². The Balaban J connectivity index is 1.74. The predicted molar refractivity (Wildman–Crippen MR) is 107 cm³/mol. The normalized spacial score (nSPS) is 10.8. The molecule has 0 atom stereocenters. The summed E-state index contributed by atoms with van der Waals surface area (Å²) < 4.78 is 30.3. The van der Waals surface area contributed by atoms with Gasteiger partial charge in [-0.2, -0.15) is 0 Å². The quantitative estimate of drug-likeness (QED) is 0.441. The van der Waals surface area contributed by atoms with Crippen LogP contribution in [0.3, 0.4) is 0 Å². The summed E-state index contributed by atoms with van der Waals surface area (Å²) in [5.41, 5.74) is 0.980. The van der Waals surface area contributed by atoms with Crippen molar-refractivity contribution in [3.63, 3.8) is 0 Å². The largest absolute Gasteiger partial charge is 0.451 e. The van der Waals surface area contributed by atoms with E-state index in [4.69, 9.17) is 13.9 Å². The lowest BCUT2D eigenvalue weighted by molar-refractivity contribution is -0.114. The maximum Gasteiger partial charge on any atom is 0.375 e. The van der Waals surface area contributed by atoms with E-state index >= 15 is 0 Å². The van der Waals surface area contributed by atoms with Crippen molar-refractivity contribution in [2.45, 2.75) is 20.5 Å². The topological polar surface area (TPSA) is 94.8 Å². The smallest absolute Gasteiger partial charge is 0.375 e. The van der Waals surface area contributed by atoms with Gasteiger partial charge in [0.25, 0.3) is 0 Å². The van der Waals surface area contributed by atoms with Gasteiger partial charge < -0.3 is 19.2 Å². The molecule has 0 aliphatic carbocycles. The Labute approximate surface area is 171 Å². The SMILES string of the molecule is CCOCc1c(C(=O)OCC(=O)c2ccc(NC(C)=O)cc2F)oc2ccccc12. The van der Waals surface area contributed by atoms with E-state index in [0.29, 0.717) is 23.1 Å². The lowest BCUT2D eigenvalue weighted by Crippen LogP contribution is -2.16. The number of carbonyl (C=O) groups excluding carboxylic acids is 3. The number of ketones is 1. The fourth-order valence-electron chi connectivity index (χ4n) is 2.91. The number of hydrogen-bond donors (Lipinski definition) is 1. The molecular weight excluding hydrogens is 393 g/mol. The number of benzene rings is 2. The van der Waals surface area contributed by atoms with Gasteiger partial charge in [0.2, 0.25) is 17.5 Å². The number of halogens is 1. The van der Waals surface area contributed by atoms with E-state index in [-0.39, 0.29) is 29.5 Å². The zero-order chi connectivity index (χ0) is 21.7. The van der Waals surface area contributed by atoms with Crippen molar-refractivity contribution in [3.05, 3.63) is 65.2 Å². The van der Waals surface area contributed by atoms with E-state index in [1.54, 1.807) is 24.3 Å². The summed E-state index contributed by atoms with van der Waals surface area (Å²) in [4.78, 5) is 35.9. The summed E-state index contributed by atoms with van der Waals surface area (Å²) in [6, 6.07) is 10.7. The van der Waals surface area contributed by atoms with Gasteiger partial charge >= 0.3 is 5.97 Å². The Morgan fingerprint density at radius 3 is 2.60 bits per heavy atom. The van der Waals surface area contributed by atoms with Crippen LogP contribution in [0.1, 0.15) is 40.3 Å². The summed E-state index contributed by atoms with van der Waals surface area (Å²) in [5.74, 6) is -2.82. The van der Waals surface area contributed by atoms with Crippen molar-refractivity contribution in [1.29, 1.82) is 0 Å². The summed E-state index contributed by atoms with van der Waals surface area (Å²) >= 11 is 0. The highest BCUT2D eigenvalue weighted by Crippen LogP contribution is 2.27. The highest BCUT2D eigenvalue weighted by molar-refractivity contribution is 6.01. The Hall–Kier alpha value is -3.52. The van der Waals surface area contributed by atoms with E-state index in [9.17, 15) is 18.8 Å². The first-order valence-corrected chi connectivity index (χ1v) is 9.26. The minimum atomic E-state index is -0.843. The number of anilines is 1. The number of ether oxygens (including phenoxy) is 2. The first-order valence-electron chi connectivity index (χ1n) is 9.26. The van der Waals surface area contributed by atoms with Gasteiger partial charge in [0.05, 0.1) is 12.2 Å². The fraction of sp³-hybridized carbons (Fsp3) is 0.227. The van der Waals surface area contributed by atoms with Gasteiger partial charge in [-0.1, -0.05) is 18.2 Å². The zero-order valence-electron chi connectivity index (χ0n) is 16.5. The minimum absolute atomic E-state index is 0.0565. The van der Waals surface area contributed by atoms with Gasteiger partial charge in [-0.25, -0.2) is 9.18 Å². The second kappa shape index (κ2) is 9.32. The zero-order valence-corrected chi connectivity index (χ0v) is 16.5. The Bertz CT molecular complexity index is 1100. The highest BCUT2D eigenvalue weighted by Gasteiger charge is 2.23. The summed E-state index contributed by atoms with van der Waals surface area (Å²) in [7, 11) is 0. The molecule has 0 fully saturated rings. The summed E-state index contributed by atoms with van der Waals surface area (Å²) in [5, 5.41) is 3.13. The number of hydrogen-bond acceptors (Lipinski definition) is 6. The van der Waals surface area contributed by atoms with Crippen molar-refractivity contribution in [1.82, 2.24) is 0 Å². The number of fused-ring (bicyclic) bond motifs is 1. The molecule has 1 aromatic heterocycles. The van der Waals surface area contributed by atoms with E-state index in [0.717, 1.165) is 6.07 Å². The van der Waals surface area contributed by atoms with Crippen molar-refractivity contribution in [2.24, 2.45) is 0 Å². The lowest BCUT2D eigenvalue weighted by atomic mass is 10.1. The third kappa shape index (κ3) is 4.72. The molecule has 1 heterocycles. The number of Topliss-reactive ketones (excluding diaryl/α,β-unsaturated/α-hetero) is 1. The average Bonchev–Trinajstić information content (AvgIpc) is 3.08. The van der Waals surface area contributed by atoms with E-state index in [2.05, 4.69) is 5.32 Å². The highest BCUT2D eigenvalue weighted by atomic mass is 19.1. The molecule has 8 heteroatoms. The van der Waals surface area contributed by atoms with Crippen LogP contribution in [0.25, 0.3) is 11.0 Å². The molecule has 0 unspecified atom stereocenters. The molecule has 1 N–H and O–H groups in total. The number of carbonyl (C=O) groups is 3. The number of nitrogens with one attached hydrogen (secondary N) is 1. The third-order valence-electron chi connectivity index (χ3n) is 4.26. The molecular formula is C22H20FNO6. The Kier molecular flexibility index (Phi) is 6.58. The minimum Gasteiger partial charge on any atom is -0.451 e. The molecule has 2 aromatic carbocycles. The van der Waals surface area contributed by atoms with Crippen molar-refractivity contribution >= 4 is 34.3 Å². The molecule has 0 spiro atoms. The van der Waals surface area contributed by atoms with Crippen LogP contribution in [0.5, 0.6) is 0 Å². The van der Waals surface area contributed by atoms with Crippen LogP contribution >= 0.6 is 0 Å². The van der Waals surface area contributed by atoms with Gasteiger partial charge in [0, 0.05) is 30.2 Å². The summed E-state index contributed by atoms with van der Waals surface area (Å²) in [6.07, 6.45) is 0. The van der Waals surface area contributed by atoms with Crippen molar-refractivity contribution in [2.75, 3.05) is 18.5 Å². The van der Waals surface area contributed by atoms with Crippen LogP contribution in [0, 0.1) is 5.82 Å². The lowest BCUT2D eigenvalue weighted by Gasteiger charge is -2.07. The third-order valence-corrected chi connectivity index (χ3v) is 4.26. The van der Waals surface area contributed by atoms with Crippen LogP contribution in [-0.2, 0) is 20.9 Å². The van der Waals surface area contributed by atoms with E-state index < -0.39 is 24.2 Å². The first-order chi connectivity index (χ1) is 14.4. The molecule has 0 radical (unpaired) electrons. The maximum atomic E-state index is 14.2. The summed E-state index contributed by atoms with van der Waals surface area (Å²) in [6.45, 7) is 3.03. The van der Waals surface area contributed by atoms with Crippen LogP contribution < -0.4 is 5.32 Å². The molecule has 0 bridgehead atoms. The number of furan rings is 1.